The fourth-order valence-corrected chi connectivity index (χ4v) is 3.74. The van der Waals surface area contributed by atoms with Gasteiger partial charge in [0.25, 0.3) is 5.91 Å². The summed E-state index contributed by atoms with van der Waals surface area (Å²) in [4.78, 5) is 65.8. The molecule has 0 aromatic rings. The lowest BCUT2D eigenvalue weighted by molar-refractivity contribution is -0.134. The summed E-state index contributed by atoms with van der Waals surface area (Å²) in [5.41, 5.74) is -1.58. The second-order valence-electron chi connectivity index (χ2n) is 10.7. The standard InChI is InChI=1S/C23H41N5O5S/c1-13(2)12-14(17(29)26-16(19(31)24-8)22(3,4)5)25-18(30)15(34)10-11-28-20(32)23(6,7)27(9)21(28)33/h13-16,34H,10-12H2,1-9H3,(H,24,31)(H,25,30)(H,26,29)/t14-,15-,16+/m0/s1/i8D. The maximum Gasteiger partial charge on any atom is 0.327 e. The Labute approximate surface area is 209 Å². The van der Waals surface area contributed by atoms with Crippen molar-refractivity contribution in [2.24, 2.45) is 11.3 Å². The van der Waals surface area contributed by atoms with Gasteiger partial charge in [0.2, 0.25) is 17.7 Å². The Balaban J connectivity index is 2.88. The van der Waals surface area contributed by atoms with Crippen LogP contribution in [0.2, 0.25) is 0 Å². The lowest BCUT2D eigenvalue weighted by Gasteiger charge is -2.32. The van der Waals surface area contributed by atoms with E-state index in [-0.39, 0.29) is 31.8 Å². The van der Waals surface area contributed by atoms with Crippen LogP contribution in [-0.4, -0.2) is 82.9 Å². The van der Waals surface area contributed by atoms with E-state index in [0.29, 0.717) is 6.42 Å². The third-order valence-electron chi connectivity index (χ3n) is 5.98. The largest absolute Gasteiger partial charge is 0.357 e. The van der Waals surface area contributed by atoms with Gasteiger partial charge in [0.05, 0.1) is 5.25 Å². The molecule has 1 fully saturated rings. The zero-order valence-corrected chi connectivity index (χ0v) is 22.4. The molecule has 194 valence electrons. The fraction of sp³-hybridized carbons (Fsp3) is 0.783. The van der Waals surface area contributed by atoms with Crippen LogP contribution in [0, 0.1) is 11.3 Å². The van der Waals surface area contributed by atoms with E-state index < -0.39 is 52.0 Å². The summed E-state index contributed by atoms with van der Waals surface area (Å²) in [7, 11) is 1.24. The number of nitrogens with one attached hydrogen (secondary N) is 3. The Bertz CT molecular complexity index is 830. The average molecular weight is 501 g/mol. The number of amides is 6. The second-order valence-corrected chi connectivity index (χ2v) is 11.3. The number of carbonyl (C=O) groups is 5. The van der Waals surface area contributed by atoms with E-state index in [0.717, 1.165) is 4.90 Å². The van der Waals surface area contributed by atoms with Gasteiger partial charge in [0.1, 0.15) is 17.6 Å². The monoisotopic (exact) mass is 500 g/mol. The van der Waals surface area contributed by atoms with Crippen molar-refractivity contribution in [2.45, 2.75) is 84.2 Å². The van der Waals surface area contributed by atoms with Gasteiger partial charge in [-0.1, -0.05) is 34.6 Å². The first kappa shape index (κ1) is 27.9. The van der Waals surface area contributed by atoms with Gasteiger partial charge >= 0.3 is 6.03 Å². The van der Waals surface area contributed by atoms with Crippen molar-refractivity contribution in [1.29, 1.82) is 0 Å². The highest BCUT2D eigenvalue weighted by molar-refractivity contribution is 7.81. The molecule has 34 heavy (non-hydrogen) atoms. The number of thiol groups is 1. The van der Waals surface area contributed by atoms with E-state index in [1.54, 1.807) is 41.7 Å². The Morgan fingerprint density at radius 1 is 1.09 bits per heavy atom. The van der Waals surface area contributed by atoms with E-state index in [4.69, 9.17) is 1.37 Å². The number of hydrogen-bond donors (Lipinski definition) is 4. The molecule has 0 aliphatic carbocycles. The van der Waals surface area contributed by atoms with Gasteiger partial charge in [-0.05, 0) is 38.0 Å². The number of urea groups is 1. The van der Waals surface area contributed by atoms with Crippen molar-refractivity contribution in [1.82, 2.24) is 25.8 Å². The van der Waals surface area contributed by atoms with Crippen LogP contribution >= 0.6 is 12.6 Å². The number of imide groups is 1. The fourth-order valence-electron chi connectivity index (χ4n) is 3.55. The van der Waals surface area contributed by atoms with Crippen molar-refractivity contribution >= 4 is 42.3 Å². The Hall–Kier alpha value is -2.30. The molecule has 1 rings (SSSR count). The molecule has 10 nitrogen and oxygen atoms in total. The van der Waals surface area contributed by atoms with Gasteiger partial charge in [-0.15, -0.1) is 0 Å². The van der Waals surface area contributed by atoms with E-state index in [2.05, 4.69) is 28.6 Å². The highest BCUT2D eigenvalue weighted by Gasteiger charge is 2.49. The van der Waals surface area contributed by atoms with E-state index in [9.17, 15) is 24.0 Å². The van der Waals surface area contributed by atoms with Gasteiger partial charge < -0.3 is 20.9 Å². The third kappa shape index (κ3) is 7.10. The molecule has 0 saturated carbocycles. The second kappa shape index (κ2) is 11.4. The minimum atomic E-state index is -0.957. The Morgan fingerprint density at radius 2 is 1.68 bits per heavy atom. The lowest BCUT2D eigenvalue weighted by Crippen LogP contribution is -2.58. The van der Waals surface area contributed by atoms with Gasteiger partial charge in [-0.2, -0.15) is 12.6 Å². The van der Waals surface area contributed by atoms with Crippen molar-refractivity contribution in [3.63, 3.8) is 0 Å². The van der Waals surface area contributed by atoms with Gasteiger partial charge in [0.15, 0.2) is 0 Å². The summed E-state index contributed by atoms with van der Waals surface area (Å²) in [6, 6.07) is -2.24. The lowest BCUT2D eigenvalue weighted by atomic mass is 9.85. The smallest absolute Gasteiger partial charge is 0.327 e. The van der Waals surface area contributed by atoms with E-state index in [1.165, 1.54) is 4.90 Å². The van der Waals surface area contributed by atoms with E-state index >= 15 is 0 Å². The number of likely N-dealkylation sites (N-methyl/N-ethyl adjacent to an activating group) is 2. The van der Waals surface area contributed by atoms with Crippen molar-refractivity contribution in [3.8, 4) is 0 Å². The molecule has 0 aromatic heterocycles. The predicted molar refractivity (Wildman–Crippen MR) is 133 cm³/mol. The zero-order chi connectivity index (χ0) is 27.3. The van der Waals surface area contributed by atoms with Crippen LogP contribution in [0.1, 0.15) is 62.7 Å². The molecule has 3 atom stereocenters. The number of carbonyl (C=O) groups excluding carboxylic acids is 5. The molecule has 1 aliphatic heterocycles. The van der Waals surface area contributed by atoms with Crippen LogP contribution in [-0.2, 0) is 19.2 Å². The highest BCUT2D eigenvalue weighted by Crippen LogP contribution is 2.26. The Kier molecular flexibility index (Phi) is 9.38. The number of hydrogen-bond acceptors (Lipinski definition) is 6. The summed E-state index contributed by atoms with van der Waals surface area (Å²) in [5.74, 6) is -1.78. The number of rotatable bonds is 10. The van der Waals surface area contributed by atoms with Crippen molar-refractivity contribution < 1.29 is 25.3 Å². The summed E-state index contributed by atoms with van der Waals surface area (Å²) in [6.07, 6.45) is 0.444. The molecule has 0 unspecified atom stereocenters. The summed E-state index contributed by atoms with van der Waals surface area (Å²) in [5, 5.41) is 6.96. The maximum atomic E-state index is 13.1. The summed E-state index contributed by atoms with van der Waals surface area (Å²) < 4.78 is 7.23. The molecule has 3 N–H and O–H groups in total. The Morgan fingerprint density at radius 3 is 2.12 bits per heavy atom. The SMILES string of the molecule is [2H]CNC(=O)[C@@H](NC(=O)[C@H](CC(C)C)NC(=O)[C@@H](S)CCN1C(=O)N(C)C(C)(C)C1=O)C(C)(C)C. The molecule has 1 aliphatic rings. The van der Waals surface area contributed by atoms with Gasteiger partial charge in [0, 0.05) is 22.0 Å². The summed E-state index contributed by atoms with van der Waals surface area (Å²) >= 11 is 4.34. The first-order valence-corrected chi connectivity index (χ1v) is 11.9. The van der Waals surface area contributed by atoms with Crippen LogP contribution in [0.4, 0.5) is 4.79 Å². The van der Waals surface area contributed by atoms with Crippen molar-refractivity contribution in [2.75, 3.05) is 20.6 Å². The molecule has 0 spiro atoms. The molecular weight excluding hydrogens is 458 g/mol. The van der Waals surface area contributed by atoms with Gasteiger partial charge in [-0.3, -0.25) is 24.1 Å². The highest BCUT2D eigenvalue weighted by atomic mass is 32.1. The van der Waals surface area contributed by atoms with Crippen LogP contribution < -0.4 is 16.0 Å². The summed E-state index contributed by atoms with van der Waals surface area (Å²) in [6.45, 7) is 12.5. The molecule has 11 heteroatoms. The predicted octanol–water partition coefficient (Wildman–Crippen LogP) is 1.16. The average Bonchev–Trinajstić information content (AvgIpc) is 2.87. The van der Waals surface area contributed by atoms with Crippen molar-refractivity contribution in [3.05, 3.63) is 0 Å². The zero-order valence-electron chi connectivity index (χ0n) is 22.5. The minimum Gasteiger partial charge on any atom is -0.357 e. The first-order chi connectivity index (χ1) is 15.9. The topological polar surface area (TPSA) is 128 Å². The number of nitrogens with zero attached hydrogens (tertiary/aromatic N) is 2. The molecule has 0 bridgehead atoms. The van der Waals surface area contributed by atoms with Crippen LogP contribution in [0.3, 0.4) is 0 Å². The molecule has 6 amide bonds. The van der Waals surface area contributed by atoms with E-state index in [1.807, 2.05) is 13.8 Å². The maximum absolute atomic E-state index is 13.1. The van der Waals surface area contributed by atoms with Crippen LogP contribution in [0.15, 0.2) is 0 Å². The normalized spacial score (nSPS) is 18.9. The van der Waals surface area contributed by atoms with Crippen LogP contribution in [0.5, 0.6) is 0 Å². The molecule has 0 aromatic carbocycles. The molecule has 1 heterocycles. The molecular formula is C23H41N5O5S. The molecule has 1 saturated heterocycles. The van der Waals surface area contributed by atoms with Gasteiger partial charge in [-0.25, -0.2) is 4.79 Å². The third-order valence-corrected chi connectivity index (χ3v) is 6.48. The van der Waals surface area contributed by atoms with Crippen LogP contribution in [0.25, 0.3) is 0 Å². The quantitative estimate of drug-likeness (QED) is 0.264. The minimum absolute atomic E-state index is 0.0213. The first-order valence-electron chi connectivity index (χ1n) is 12.1. The molecule has 0 radical (unpaired) electrons.